The van der Waals surface area contributed by atoms with Gasteiger partial charge in [-0.1, -0.05) is 6.07 Å². The van der Waals surface area contributed by atoms with E-state index in [1.165, 1.54) is 18.0 Å². The molecule has 0 atom stereocenters. The molecule has 3 rings (SSSR count). The minimum atomic E-state index is -0.123. The van der Waals surface area contributed by atoms with E-state index in [0.717, 1.165) is 5.56 Å². The van der Waals surface area contributed by atoms with Crippen LogP contribution in [0.15, 0.2) is 47.9 Å². The van der Waals surface area contributed by atoms with E-state index in [2.05, 4.69) is 25.9 Å². The molecule has 0 aliphatic heterocycles. The van der Waals surface area contributed by atoms with Gasteiger partial charge in [-0.25, -0.2) is 14.8 Å². The van der Waals surface area contributed by atoms with Crippen molar-refractivity contribution in [3.8, 4) is 23.1 Å². The van der Waals surface area contributed by atoms with E-state index >= 15 is 0 Å². The van der Waals surface area contributed by atoms with Crippen molar-refractivity contribution in [2.24, 2.45) is 0 Å². The molecule has 0 saturated carbocycles. The summed E-state index contributed by atoms with van der Waals surface area (Å²) in [5.41, 5.74) is 8.33. The molecule has 3 aromatic rings. The third-order valence-corrected chi connectivity index (χ3v) is 4.90. The maximum Gasteiger partial charge on any atom is 0.237 e. The largest absolute Gasteiger partial charge is 0.475 e. The summed E-state index contributed by atoms with van der Waals surface area (Å²) in [7, 11) is 0. The van der Waals surface area contributed by atoms with Gasteiger partial charge in [0.1, 0.15) is 23.5 Å². The average Bonchev–Trinajstić information content (AvgIpc) is 2.76. The lowest BCUT2D eigenvalue weighted by molar-refractivity contribution is 0.196. The van der Waals surface area contributed by atoms with Gasteiger partial charge in [0.2, 0.25) is 11.6 Å². The minimum absolute atomic E-state index is 0.0586. The third kappa shape index (κ3) is 4.61. The van der Waals surface area contributed by atoms with Gasteiger partial charge in [0.05, 0.1) is 18.7 Å². The number of ether oxygens (including phenoxy) is 1. The molecule has 3 N–H and O–H groups in total. The lowest BCUT2D eigenvalue weighted by Gasteiger charge is -2.13. The lowest BCUT2D eigenvalue weighted by atomic mass is 10.0. The fourth-order valence-corrected chi connectivity index (χ4v) is 3.50. The minimum Gasteiger partial charge on any atom is -0.475 e. The maximum atomic E-state index is 9.81. The van der Waals surface area contributed by atoms with E-state index in [-0.39, 0.29) is 30.3 Å². The van der Waals surface area contributed by atoms with Crippen LogP contribution in [0, 0.1) is 17.9 Å². The number of pyridine rings is 3. The quantitative estimate of drug-likeness (QED) is 0.455. The number of aromatic nitrogens is 3. The fourth-order valence-electron chi connectivity index (χ4n) is 2.57. The summed E-state index contributed by atoms with van der Waals surface area (Å²) < 4.78 is 5.26. The molecule has 8 nitrogen and oxygen atoms in total. The third-order valence-electron chi connectivity index (χ3n) is 3.85. The Balaban J connectivity index is 2.02. The monoisotopic (exact) mass is 404 g/mol. The Hall–Kier alpha value is -3.66. The predicted molar refractivity (Wildman–Crippen MR) is 109 cm³/mol. The van der Waals surface area contributed by atoms with E-state index < -0.39 is 0 Å². The van der Waals surface area contributed by atoms with Crippen molar-refractivity contribution in [3.63, 3.8) is 0 Å². The van der Waals surface area contributed by atoms with Crippen molar-refractivity contribution in [1.82, 2.24) is 15.0 Å². The van der Waals surface area contributed by atoms with Gasteiger partial charge in [0, 0.05) is 36.0 Å². The number of rotatable bonds is 7. The van der Waals surface area contributed by atoms with E-state index in [1.807, 2.05) is 12.1 Å². The first kappa shape index (κ1) is 20.1. The zero-order valence-electron chi connectivity index (χ0n) is 15.2. The Morgan fingerprint density at radius 2 is 2.17 bits per heavy atom. The summed E-state index contributed by atoms with van der Waals surface area (Å²) in [5, 5.41) is 19.1. The molecule has 0 aliphatic rings. The normalized spacial score (nSPS) is 10.2. The van der Waals surface area contributed by atoms with Crippen molar-refractivity contribution in [2.45, 2.75) is 10.8 Å². The molecule has 0 spiro atoms. The number of thioether (sulfide) groups is 1. The Labute approximate surface area is 171 Å². The van der Waals surface area contributed by atoms with Crippen molar-refractivity contribution in [1.29, 1.82) is 5.26 Å². The summed E-state index contributed by atoms with van der Waals surface area (Å²) in [5.74, 6) is 0.944. The smallest absolute Gasteiger partial charge is 0.237 e. The number of hydrogen-bond donors (Lipinski definition) is 2. The molecule has 0 bridgehead atoms. The van der Waals surface area contributed by atoms with Crippen LogP contribution >= 0.6 is 11.8 Å². The summed E-state index contributed by atoms with van der Waals surface area (Å²) in [6.45, 7) is 7.50. The summed E-state index contributed by atoms with van der Waals surface area (Å²) >= 11 is 1.35. The highest BCUT2D eigenvalue weighted by atomic mass is 32.2. The van der Waals surface area contributed by atoms with Gasteiger partial charge >= 0.3 is 0 Å². The molecule has 0 radical (unpaired) electrons. The number of aliphatic hydroxyl groups is 1. The number of nitrogens with zero attached hydrogens (tertiary/aromatic N) is 5. The number of anilines is 1. The summed E-state index contributed by atoms with van der Waals surface area (Å²) in [6, 6.07) is 9.23. The van der Waals surface area contributed by atoms with Crippen molar-refractivity contribution >= 4 is 23.3 Å². The van der Waals surface area contributed by atoms with Gasteiger partial charge in [-0.05, 0) is 23.3 Å². The molecule has 0 amide bonds. The predicted octanol–water partition coefficient (Wildman–Crippen LogP) is 3.21. The summed E-state index contributed by atoms with van der Waals surface area (Å²) in [4.78, 5) is 16.0. The van der Waals surface area contributed by atoms with Crippen LogP contribution in [0.4, 0.5) is 11.5 Å². The second-order valence-corrected chi connectivity index (χ2v) is 6.70. The van der Waals surface area contributed by atoms with Gasteiger partial charge in [-0.15, -0.1) is 11.8 Å². The second-order valence-electron chi connectivity index (χ2n) is 5.73. The van der Waals surface area contributed by atoms with Gasteiger partial charge in [0.25, 0.3) is 0 Å². The zero-order valence-corrected chi connectivity index (χ0v) is 16.1. The van der Waals surface area contributed by atoms with E-state index in [0.29, 0.717) is 27.8 Å². The molecular formula is C20H16N6O2S. The maximum absolute atomic E-state index is 9.81. The van der Waals surface area contributed by atoms with E-state index in [9.17, 15) is 5.26 Å². The Bertz CT molecular complexity index is 1080. The first-order valence-corrected chi connectivity index (χ1v) is 9.49. The van der Waals surface area contributed by atoms with Crippen molar-refractivity contribution in [3.05, 3.63) is 65.4 Å². The van der Waals surface area contributed by atoms with Crippen LogP contribution in [-0.2, 0) is 5.75 Å². The van der Waals surface area contributed by atoms with Crippen LogP contribution in [0.2, 0.25) is 0 Å². The van der Waals surface area contributed by atoms with Crippen LogP contribution in [0.25, 0.3) is 16.0 Å². The number of nitrogens with two attached hydrogens (primary N) is 1. The van der Waals surface area contributed by atoms with Crippen LogP contribution < -0.4 is 10.5 Å². The van der Waals surface area contributed by atoms with Crippen LogP contribution in [0.3, 0.4) is 0 Å². The zero-order chi connectivity index (χ0) is 20.6. The highest BCUT2D eigenvalue weighted by Gasteiger charge is 2.21. The lowest BCUT2D eigenvalue weighted by Crippen LogP contribution is -2.03. The SMILES string of the molecule is [C-]#[N+]c1c(N)nc(SCc2cccnc2)c(C#N)c1-c1ccc(OCCO)nc1. The average molecular weight is 404 g/mol. The molecular weight excluding hydrogens is 388 g/mol. The Morgan fingerprint density at radius 3 is 2.79 bits per heavy atom. The molecule has 0 unspecified atom stereocenters. The molecule has 9 heteroatoms. The highest BCUT2D eigenvalue weighted by molar-refractivity contribution is 7.98. The van der Waals surface area contributed by atoms with E-state index in [1.54, 1.807) is 24.5 Å². The molecule has 0 saturated heterocycles. The second kappa shape index (κ2) is 9.51. The topological polar surface area (TPSA) is 122 Å². The fraction of sp³-hybridized carbons (Fsp3) is 0.150. The van der Waals surface area contributed by atoms with Gasteiger partial charge in [-0.2, -0.15) is 5.26 Å². The van der Waals surface area contributed by atoms with Gasteiger partial charge in [0.15, 0.2) is 0 Å². The van der Waals surface area contributed by atoms with Crippen molar-refractivity contribution < 1.29 is 9.84 Å². The number of aliphatic hydroxyl groups excluding tert-OH is 1. The Morgan fingerprint density at radius 1 is 1.31 bits per heavy atom. The van der Waals surface area contributed by atoms with Gasteiger partial charge < -0.3 is 15.6 Å². The van der Waals surface area contributed by atoms with Gasteiger partial charge in [-0.3, -0.25) is 4.98 Å². The van der Waals surface area contributed by atoms with Crippen LogP contribution in [-0.4, -0.2) is 33.3 Å². The number of nitriles is 1. The summed E-state index contributed by atoms with van der Waals surface area (Å²) in [6.07, 6.45) is 4.94. The molecule has 0 fully saturated rings. The molecule has 0 aromatic carbocycles. The van der Waals surface area contributed by atoms with E-state index in [4.69, 9.17) is 22.1 Å². The molecule has 144 valence electrons. The van der Waals surface area contributed by atoms with Crippen molar-refractivity contribution in [2.75, 3.05) is 18.9 Å². The highest BCUT2D eigenvalue weighted by Crippen LogP contribution is 2.41. The number of hydrogen-bond acceptors (Lipinski definition) is 8. The standard InChI is InChI=1S/C20H16N6O2S/c1-23-18-17(14-4-5-16(25-11-14)28-8-7-27)15(9-21)20(26-19(18)22)29-12-13-3-2-6-24-10-13/h2-6,10-11,27H,7-8,12H2,(H2,22,26). The first-order chi connectivity index (χ1) is 14.2. The molecule has 3 heterocycles. The number of nitrogen functional groups attached to an aromatic ring is 1. The van der Waals surface area contributed by atoms with Crippen LogP contribution in [0.1, 0.15) is 11.1 Å². The Kier molecular flexibility index (Phi) is 6.59. The molecule has 29 heavy (non-hydrogen) atoms. The molecule has 3 aromatic heterocycles. The van der Waals surface area contributed by atoms with Crippen LogP contribution in [0.5, 0.6) is 5.88 Å². The molecule has 0 aliphatic carbocycles. The first-order valence-electron chi connectivity index (χ1n) is 8.50.